The molecule has 0 unspecified atom stereocenters. The summed E-state index contributed by atoms with van der Waals surface area (Å²) >= 11 is 0. The number of piperidine rings is 1. The van der Waals surface area contributed by atoms with Crippen LogP contribution in [0.5, 0.6) is 11.5 Å². The molecule has 2 aliphatic rings. The summed E-state index contributed by atoms with van der Waals surface area (Å²) in [6.07, 6.45) is 6.97. The Kier molecular flexibility index (Phi) is 4.11. The van der Waals surface area contributed by atoms with Crippen LogP contribution in [0.1, 0.15) is 25.7 Å². The third-order valence-corrected chi connectivity index (χ3v) is 5.27. The van der Waals surface area contributed by atoms with E-state index in [-0.39, 0.29) is 0 Å². The van der Waals surface area contributed by atoms with Gasteiger partial charge in [-0.05, 0) is 43.2 Å². The average Bonchev–Trinajstić information content (AvgIpc) is 3.40. The summed E-state index contributed by atoms with van der Waals surface area (Å²) in [7, 11) is 3.29. The van der Waals surface area contributed by atoms with Crippen molar-refractivity contribution in [2.24, 2.45) is 5.41 Å². The minimum Gasteiger partial charge on any atom is -0.497 e. The zero-order valence-corrected chi connectivity index (χ0v) is 14.8. The smallest absolute Gasteiger partial charge is 0.146 e. The minimum absolute atomic E-state index is 0.565. The number of rotatable bonds is 5. The third kappa shape index (κ3) is 3.34. The van der Waals surface area contributed by atoms with Gasteiger partial charge in [-0.1, -0.05) is 0 Å². The maximum atomic E-state index is 5.45. The number of hydrogen-bond acceptors (Lipinski definition) is 6. The maximum Gasteiger partial charge on any atom is 0.146 e. The van der Waals surface area contributed by atoms with Gasteiger partial charge in [0, 0.05) is 25.2 Å². The zero-order chi connectivity index (χ0) is 17.3. The molecule has 1 spiro atoms. The number of nitrogens with one attached hydrogen (secondary N) is 1. The minimum atomic E-state index is 0.565. The van der Waals surface area contributed by atoms with E-state index < -0.39 is 0 Å². The van der Waals surface area contributed by atoms with Crippen molar-refractivity contribution in [3.63, 3.8) is 0 Å². The third-order valence-electron chi connectivity index (χ3n) is 5.27. The Labute approximate surface area is 148 Å². The Hall–Kier alpha value is -2.50. The molecule has 2 fully saturated rings. The Morgan fingerprint density at radius 2 is 1.96 bits per heavy atom. The number of hydrogen-bond donors (Lipinski definition) is 1. The molecule has 132 valence electrons. The van der Waals surface area contributed by atoms with Gasteiger partial charge in [-0.3, -0.25) is 0 Å². The van der Waals surface area contributed by atoms with Gasteiger partial charge >= 0.3 is 0 Å². The highest BCUT2D eigenvalue weighted by molar-refractivity contribution is 5.67. The van der Waals surface area contributed by atoms with Crippen LogP contribution in [0.25, 0.3) is 0 Å². The summed E-state index contributed by atoms with van der Waals surface area (Å²) in [5, 5.41) is 3.33. The molecule has 2 aromatic rings. The monoisotopic (exact) mass is 340 g/mol. The van der Waals surface area contributed by atoms with E-state index in [1.165, 1.54) is 25.7 Å². The number of aromatic nitrogens is 2. The molecule has 0 atom stereocenters. The van der Waals surface area contributed by atoms with E-state index in [4.69, 9.17) is 9.47 Å². The Morgan fingerprint density at radius 1 is 1.08 bits per heavy atom. The number of ether oxygens (including phenoxy) is 2. The second-order valence-electron chi connectivity index (χ2n) is 6.98. The van der Waals surface area contributed by atoms with Gasteiger partial charge in [-0.2, -0.15) is 0 Å². The highest BCUT2D eigenvalue weighted by Crippen LogP contribution is 2.52. The second kappa shape index (κ2) is 6.43. The maximum absolute atomic E-state index is 5.45. The Bertz CT molecular complexity index is 761. The standard InChI is InChI=1S/C19H24N4O2/c1-24-14-4-5-15(16(10-14)25-2)22-17-11-18(21-13-20-17)23-9-3-6-19(12-23)7-8-19/h4-5,10-11,13H,3,6-9,12H2,1-2H3,(H,20,21,22). The molecule has 0 bridgehead atoms. The van der Waals surface area contributed by atoms with Gasteiger partial charge in [0.2, 0.25) is 0 Å². The van der Waals surface area contributed by atoms with Gasteiger partial charge in [-0.25, -0.2) is 9.97 Å². The molecule has 6 heteroatoms. The number of methoxy groups -OCH3 is 2. The summed E-state index contributed by atoms with van der Waals surface area (Å²) in [6, 6.07) is 7.70. The van der Waals surface area contributed by atoms with Gasteiger partial charge in [-0.15, -0.1) is 0 Å². The fourth-order valence-electron chi connectivity index (χ4n) is 3.62. The highest BCUT2D eigenvalue weighted by atomic mass is 16.5. The van der Waals surface area contributed by atoms with Crippen molar-refractivity contribution in [2.45, 2.75) is 25.7 Å². The molecule has 1 aromatic heterocycles. The lowest BCUT2D eigenvalue weighted by atomic mass is 9.95. The summed E-state index contributed by atoms with van der Waals surface area (Å²) in [6.45, 7) is 2.19. The van der Waals surface area contributed by atoms with E-state index in [1.54, 1.807) is 20.5 Å². The summed E-state index contributed by atoms with van der Waals surface area (Å²) in [5.74, 6) is 3.24. The number of anilines is 3. The molecule has 1 aliphatic carbocycles. The summed E-state index contributed by atoms with van der Waals surface area (Å²) < 4.78 is 10.7. The van der Waals surface area contributed by atoms with E-state index in [0.29, 0.717) is 5.41 Å². The first-order valence-electron chi connectivity index (χ1n) is 8.77. The SMILES string of the molecule is COc1ccc(Nc2cc(N3CCCC4(CC4)C3)ncn2)c(OC)c1. The summed E-state index contributed by atoms with van der Waals surface area (Å²) in [5.41, 5.74) is 1.42. The quantitative estimate of drug-likeness (QED) is 0.897. The normalized spacial score (nSPS) is 18.1. The van der Waals surface area contributed by atoms with Crippen LogP contribution in [0, 0.1) is 5.41 Å². The fourth-order valence-corrected chi connectivity index (χ4v) is 3.62. The zero-order valence-electron chi connectivity index (χ0n) is 14.8. The topological polar surface area (TPSA) is 59.5 Å². The highest BCUT2D eigenvalue weighted by Gasteiger charge is 2.45. The molecule has 2 heterocycles. The Morgan fingerprint density at radius 3 is 2.72 bits per heavy atom. The van der Waals surface area contributed by atoms with Gasteiger partial charge in [0.15, 0.2) is 0 Å². The van der Waals surface area contributed by atoms with Crippen molar-refractivity contribution in [1.29, 1.82) is 0 Å². The molecule has 0 radical (unpaired) electrons. The molecular weight excluding hydrogens is 316 g/mol. The van der Waals surface area contributed by atoms with Crippen molar-refractivity contribution in [1.82, 2.24) is 9.97 Å². The fraction of sp³-hybridized carbons (Fsp3) is 0.474. The predicted molar refractivity (Wildman–Crippen MR) is 98.0 cm³/mol. The molecule has 6 nitrogen and oxygen atoms in total. The second-order valence-corrected chi connectivity index (χ2v) is 6.98. The average molecular weight is 340 g/mol. The van der Waals surface area contributed by atoms with Crippen LogP contribution in [-0.2, 0) is 0 Å². The van der Waals surface area contributed by atoms with Crippen molar-refractivity contribution < 1.29 is 9.47 Å². The van der Waals surface area contributed by atoms with E-state index >= 15 is 0 Å². The molecule has 0 amide bonds. The molecule has 1 N–H and O–H groups in total. The van der Waals surface area contributed by atoms with Crippen molar-refractivity contribution >= 4 is 17.3 Å². The number of nitrogens with zero attached hydrogens (tertiary/aromatic N) is 3. The molecule has 1 saturated carbocycles. The largest absolute Gasteiger partial charge is 0.497 e. The van der Waals surface area contributed by atoms with Crippen LogP contribution in [-0.4, -0.2) is 37.3 Å². The van der Waals surface area contributed by atoms with E-state index in [2.05, 4.69) is 20.2 Å². The van der Waals surface area contributed by atoms with Crippen molar-refractivity contribution in [3.05, 3.63) is 30.6 Å². The van der Waals surface area contributed by atoms with Crippen molar-refractivity contribution in [3.8, 4) is 11.5 Å². The van der Waals surface area contributed by atoms with Crippen LogP contribution in [0.15, 0.2) is 30.6 Å². The lowest BCUT2D eigenvalue weighted by molar-refractivity contribution is 0.393. The van der Waals surface area contributed by atoms with Crippen LogP contribution in [0.3, 0.4) is 0 Å². The number of benzene rings is 1. The van der Waals surface area contributed by atoms with Crippen LogP contribution in [0.4, 0.5) is 17.3 Å². The van der Waals surface area contributed by atoms with Crippen LogP contribution < -0.4 is 19.7 Å². The molecular formula is C19H24N4O2. The first kappa shape index (κ1) is 16.0. The summed E-state index contributed by atoms with van der Waals surface area (Å²) in [4.78, 5) is 11.3. The first-order chi connectivity index (χ1) is 12.2. The van der Waals surface area contributed by atoms with Gasteiger partial charge in [0.25, 0.3) is 0 Å². The van der Waals surface area contributed by atoms with Gasteiger partial charge < -0.3 is 19.7 Å². The van der Waals surface area contributed by atoms with E-state index in [9.17, 15) is 0 Å². The Balaban J connectivity index is 1.54. The van der Waals surface area contributed by atoms with E-state index in [0.717, 1.165) is 41.9 Å². The van der Waals surface area contributed by atoms with Crippen LogP contribution in [0.2, 0.25) is 0 Å². The van der Waals surface area contributed by atoms with Gasteiger partial charge in [0.05, 0.1) is 19.9 Å². The first-order valence-corrected chi connectivity index (χ1v) is 8.77. The molecule has 4 rings (SSSR count). The molecule has 1 aromatic carbocycles. The van der Waals surface area contributed by atoms with E-state index in [1.807, 2.05) is 24.3 Å². The lowest BCUT2D eigenvalue weighted by Gasteiger charge is -2.33. The van der Waals surface area contributed by atoms with Gasteiger partial charge in [0.1, 0.15) is 29.5 Å². The molecule has 1 aliphatic heterocycles. The predicted octanol–water partition coefficient (Wildman–Crippen LogP) is 3.62. The lowest BCUT2D eigenvalue weighted by Crippen LogP contribution is -2.37. The van der Waals surface area contributed by atoms with Crippen molar-refractivity contribution in [2.75, 3.05) is 37.5 Å². The molecule has 25 heavy (non-hydrogen) atoms. The molecule has 1 saturated heterocycles. The van der Waals surface area contributed by atoms with Crippen LogP contribution >= 0.6 is 0 Å².